The molecule has 1 fully saturated rings. The molecule has 2 aromatic rings. The highest BCUT2D eigenvalue weighted by molar-refractivity contribution is 8.26. The van der Waals surface area contributed by atoms with E-state index in [-0.39, 0.29) is 17.0 Å². The smallest absolute Gasteiger partial charge is 0.335 e. The summed E-state index contributed by atoms with van der Waals surface area (Å²) < 4.78 is 2.14. The predicted octanol–water partition coefficient (Wildman–Crippen LogP) is 2.98. The Kier molecular flexibility index (Phi) is 4.90. The number of rotatable bonds is 4. The number of thioether (sulfide) groups is 1. The normalized spacial score (nSPS) is 15.3. The minimum atomic E-state index is -1.21. The molecule has 1 amide bonds. The molecule has 1 saturated heterocycles. The molecule has 0 spiro atoms. The molecule has 0 saturated carbocycles. The van der Waals surface area contributed by atoms with Gasteiger partial charge in [-0.3, -0.25) is 4.79 Å². The molecule has 27 heavy (non-hydrogen) atoms. The monoisotopic (exact) mass is 402 g/mol. The van der Waals surface area contributed by atoms with Crippen LogP contribution in [0.25, 0.3) is 11.8 Å². The maximum absolute atomic E-state index is 11.9. The van der Waals surface area contributed by atoms with Gasteiger partial charge in [-0.1, -0.05) is 24.0 Å². The number of carboxylic acid groups (broad SMARTS) is 2. The van der Waals surface area contributed by atoms with Crippen LogP contribution in [0.5, 0.6) is 0 Å². The van der Waals surface area contributed by atoms with Crippen molar-refractivity contribution in [3.63, 3.8) is 0 Å². The number of aromatic carboxylic acids is 2. The lowest BCUT2D eigenvalue weighted by atomic mass is 10.1. The molecule has 3 N–H and O–H groups in total. The molecule has 2 heterocycles. The van der Waals surface area contributed by atoms with Crippen LogP contribution in [0.4, 0.5) is 0 Å². The number of thiocarbonyl (C=S) groups is 1. The molecule has 9 heteroatoms. The second kappa shape index (κ2) is 7.01. The standard InChI is InChI=1S/C18H14N2O5S2/c1-8-3-10(7-14-15(21)19-18(26)27-14)9(2)20(8)13-5-11(16(22)23)4-12(6-13)17(24)25/h3-7H,1-2H3,(H,22,23)(H,24,25)(H,19,21,26). The van der Waals surface area contributed by atoms with Gasteiger partial charge < -0.3 is 20.1 Å². The van der Waals surface area contributed by atoms with Crippen molar-refractivity contribution >= 4 is 52.2 Å². The zero-order chi connectivity index (χ0) is 19.9. The number of nitrogens with one attached hydrogen (secondary N) is 1. The van der Waals surface area contributed by atoms with E-state index < -0.39 is 11.9 Å². The zero-order valence-corrected chi connectivity index (χ0v) is 15.9. The van der Waals surface area contributed by atoms with E-state index in [1.54, 1.807) is 10.6 Å². The third-order valence-corrected chi connectivity index (χ3v) is 5.23. The van der Waals surface area contributed by atoms with Crippen molar-refractivity contribution in [3.8, 4) is 5.69 Å². The van der Waals surface area contributed by atoms with Crippen molar-refractivity contribution in [3.05, 3.63) is 57.2 Å². The van der Waals surface area contributed by atoms with Crippen LogP contribution in [-0.2, 0) is 4.79 Å². The summed E-state index contributed by atoms with van der Waals surface area (Å²) in [7, 11) is 0. The summed E-state index contributed by atoms with van der Waals surface area (Å²) in [5, 5.41) is 21.1. The second-order valence-corrected chi connectivity index (χ2v) is 7.61. The fraction of sp³-hybridized carbons (Fsp3) is 0.111. The van der Waals surface area contributed by atoms with Crippen LogP contribution < -0.4 is 5.32 Å². The van der Waals surface area contributed by atoms with E-state index in [0.29, 0.717) is 14.9 Å². The van der Waals surface area contributed by atoms with Gasteiger partial charge in [0, 0.05) is 17.1 Å². The van der Waals surface area contributed by atoms with E-state index in [0.717, 1.165) is 23.0 Å². The van der Waals surface area contributed by atoms with Crippen LogP contribution >= 0.6 is 24.0 Å². The fourth-order valence-electron chi connectivity index (χ4n) is 2.88. The van der Waals surface area contributed by atoms with Crippen LogP contribution in [0.2, 0.25) is 0 Å². The summed E-state index contributed by atoms with van der Waals surface area (Å²) in [6.45, 7) is 3.62. The van der Waals surface area contributed by atoms with Crippen molar-refractivity contribution < 1.29 is 24.6 Å². The highest BCUT2D eigenvalue weighted by atomic mass is 32.2. The summed E-state index contributed by atoms with van der Waals surface area (Å²) in [5.41, 5.74) is 2.45. The molecule has 138 valence electrons. The number of amides is 1. The molecular weight excluding hydrogens is 388 g/mol. The Morgan fingerprint density at radius 1 is 1.11 bits per heavy atom. The van der Waals surface area contributed by atoms with Crippen molar-refractivity contribution in [2.75, 3.05) is 0 Å². The van der Waals surface area contributed by atoms with E-state index in [4.69, 9.17) is 12.2 Å². The Morgan fingerprint density at radius 3 is 2.19 bits per heavy atom. The van der Waals surface area contributed by atoms with Crippen LogP contribution in [0.3, 0.4) is 0 Å². The SMILES string of the molecule is Cc1cc(C=C2SC(=S)NC2=O)c(C)n1-c1cc(C(=O)O)cc(C(=O)O)c1. The zero-order valence-electron chi connectivity index (χ0n) is 14.3. The summed E-state index contributed by atoms with van der Waals surface area (Å²) in [6.07, 6.45) is 1.71. The Labute approximate surface area is 163 Å². The van der Waals surface area contributed by atoms with Gasteiger partial charge in [-0.25, -0.2) is 9.59 Å². The fourth-order valence-corrected chi connectivity index (χ4v) is 3.92. The van der Waals surface area contributed by atoms with Crippen LogP contribution in [-0.4, -0.2) is 36.9 Å². The van der Waals surface area contributed by atoms with Gasteiger partial charge in [0.1, 0.15) is 4.32 Å². The van der Waals surface area contributed by atoms with E-state index >= 15 is 0 Å². The molecule has 3 rings (SSSR count). The summed E-state index contributed by atoms with van der Waals surface area (Å²) in [4.78, 5) is 35.1. The van der Waals surface area contributed by atoms with Crippen LogP contribution in [0.1, 0.15) is 37.7 Å². The van der Waals surface area contributed by atoms with Gasteiger partial charge in [-0.05, 0) is 49.8 Å². The number of aromatic nitrogens is 1. The van der Waals surface area contributed by atoms with Gasteiger partial charge in [-0.2, -0.15) is 0 Å². The lowest BCUT2D eigenvalue weighted by Crippen LogP contribution is -2.17. The summed E-state index contributed by atoms with van der Waals surface area (Å²) in [5.74, 6) is -2.69. The average molecular weight is 402 g/mol. The third kappa shape index (κ3) is 3.64. The van der Waals surface area contributed by atoms with Gasteiger partial charge >= 0.3 is 11.9 Å². The molecule has 1 aromatic heterocycles. The second-order valence-electron chi connectivity index (χ2n) is 5.89. The van der Waals surface area contributed by atoms with Crippen molar-refractivity contribution in [1.82, 2.24) is 9.88 Å². The Hall–Kier alpha value is -2.91. The first-order valence-electron chi connectivity index (χ1n) is 7.73. The summed E-state index contributed by atoms with van der Waals surface area (Å²) >= 11 is 6.15. The van der Waals surface area contributed by atoms with Crippen molar-refractivity contribution in [2.45, 2.75) is 13.8 Å². The Bertz CT molecular complexity index is 1020. The van der Waals surface area contributed by atoms with Gasteiger partial charge in [0.05, 0.1) is 16.0 Å². The van der Waals surface area contributed by atoms with Gasteiger partial charge in [0.15, 0.2) is 0 Å². The number of aryl methyl sites for hydroxylation is 1. The lowest BCUT2D eigenvalue weighted by Gasteiger charge is -2.12. The van der Waals surface area contributed by atoms with Crippen molar-refractivity contribution in [1.29, 1.82) is 0 Å². The third-order valence-electron chi connectivity index (χ3n) is 4.07. The number of nitrogens with zero attached hydrogens (tertiary/aromatic N) is 1. The topological polar surface area (TPSA) is 109 Å². The molecule has 0 aliphatic carbocycles. The van der Waals surface area contributed by atoms with Crippen LogP contribution in [0, 0.1) is 13.8 Å². The molecule has 0 unspecified atom stereocenters. The largest absolute Gasteiger partial charge is 0.478 e. The number of hydrogen-bond acceptors (Lipinski definition) is 5. The maximum Gasteiger partial charge on any atom is 0.335 e. The van der Waals surface area contributed by atoms with E-state index in [2.05, 4.69) is 5.32 Å². The molecule has 0 atom stereocenters. The van der Waals surface area contributed by atoms with Crippen LogP contribution in [0.15, 0.2) is 29.2 Å². The molecule has 1 aliphatic heterocycles. The number of carbonyl (C=O) groups is 3. The number of hydrogen-bond donors (Lipinski definition) is 3. The number of benzene rings is 1. The highest BCUT2D eigenvalue weighted by Crippen LogP contribution is 2.29. The summed E-state index contributed by atoms with van der Waals surface area (Å²) in [6, 6.07) is 5.78. The first-order valence-corrected chi connectivity index (χ1v) is 8.95. The van der Waals surface area contributed by atoms with Gasteiger partial charge in [0.2, 0.25) is 0 Å². The molecule has 7 nitrogen and oxygen atoms in total. The van der Waals surface area contributed by atoms with E-state index in [9.17, 15) is 24.6 Å². The maximum atomic E-state index is 11.9. The lowest BCUT2D eigenvalue weighted by molar-refractivity contribution is -0.115. The minimum absolute atomic E-state index is 0.117. The van der Waals surface area contributed by atoms with Crippen molar-refractivity contribution in [2.24, 2.45) is 0 Å². The molecule has 1 aromatic carbocycles. The number of carbonyl (C=O) groups excluding carboxylic acids is 1. The van der Waals surface area contributed by atoms with E-state index in [1.165, 1.54) is 23.9 Å². The Morgan fingerprint density at radius 2 is 1.70 bits per heavy atom. The molecular formula is C18H14N2O5S2. The number of carboxylic acids is 2. The highest BCUT2D eigenvalue weighted by Gasteiger charge is 2.23. The van der Waals surface area contributed by atoms with Gasteiger partial charge in [-0.15, -0.1) is 0 Å². The quantitative estimate of drug-likeness (QED) is 0.533. The van der Waals surface area contributed by atoms with E-state index in [1.807, 2.05) is 19.9 Å². The molecule has 1 aliphatic rings. The first-order chi connectivity index (χ1) is 12.7. The minimum Gasteiger partial charge on any atom is -0.478 e. The Balaban J connectivity index is 2.14. The molecule has 0 radical (unpaired) electrons. The average Bonchev–Trinajstić information content (AvgIpc) is 3.05. The predicted molar refractivity (Wildman–Crippen MR) is 105 cm³/mol. The first kappa shape index (κ1) is 18.9. The molecule has 0 bridgehead atoms. The van der Waals surface area contributed by atoms with Gasteiger partial charge in [0.25, 0.3) is 5.91 Å².